The van der Waals surface area contributed by atoms with E-state index in [1.54, 1.807) is 31.2 Å². The van der Waals surface area contributed by atoms with Crippen molar-refractivity contribution >= 4 is 23.4 Å². The predicted molar refractivity (Wildman–Crippen MR) is 85.0 cm³/mol. The summed E-state index contributed by atoms with van der Waals surface area (Å²) in [4.78, 5) is 29.8. The zero-order valence-electron chi connectivity index (χ0n) is 12.7. The van der Waals surface area contributed by atoms with Gasteiger partial charge in [-0.05, 0) is 18.2 Å². The van der Waals surface area contributed by atoms with Crippen LogP contribution < -0.4 is 0 Å². The third-order valence-corrected chi connectivity index (χ3v) is 4.73. The highest BCUT2D eigenvalue weighted by Crippen LogP contribution is 2.21. The molecule has 118 valence electrons. The number of carbonyl (C=O) groups is 2. The summed E-state index contributed by atoms with van der Waals surface area (Å²) in [5.74, 6) is 0.187. The second kappa shape index (κ2) is 6.26. The lowest BCUT2D eigenvalue weighted by Gasteiger charge is -2.48. The summed E-state index contributed by atoms with van der Waals surface area (Å²) in [7, 11) is 0. The lowest BCUT2D eigenvalue weighted by atomic mass is 10.0. The van der Waals surface area contributed by atoms with Crippen LogP contribution in [0.4, 0.5) is 0 Å². The van der Waals surface area contributed by atoms with E-state index in [2.05, 4.69) is 4.90 Å². The van der Waals surface area contributed by atoms with Crippen LogP contribution >= 0.6 is 11.6 Å². The molecule has 2 heterocycles. The molecule has 0 spiro atoms. The Bertz CT molecular complexity index is 579. The second-order valence-corrected chi connectivity index (χ2v) is 6.35. The Hall–Kier alpha value is -1.59. The van der Waals surface area contributed by atoms with E-state index in [9.17, 15) is 9.59 Å². The molecule has 3 rings (SSSR count). The quantitative estimate of drug-likeness (QED) is 0.825. The Morgan fingerprint density at radius 1 is 1.09 bits per heavy atom. The minimum Gasteiger partial charge on any atom is -0.340 e. The molecule has 0 saturated carbocycles. The van der Waals surface area contributed by atoms with Gasteiger partial charge in [-0.25, -0.2) is 0 Å². The van der Waals surface area contributed by atoms with Crippen molar-refractivity contribution in [1.29, 1.82) is 0 Å². The van der Waals surface area contributed by atoms with Gasteiger partial charge < -0.3 is 9.80 Å². The van der Waals surface area contributed by atoms with Gasteiger partial charge in [0.1, 0.15) is 0 Å². The number of carbonyl (C=O) groups excluding carboxylic acids is 2. The zero-order valence-corrected chi connectivity index (χ0v) is 13.4. The van der Waals surface area contributed by atoms with E-state index in [0.29, 0.717) is 16.6 Å². The Balaban J connectivity index is 1.50. The fourth-order valence-electron chi connectivity index (χ4n) is 3.06. The molecule has 5 nitrogen and oxygen atoms in total. The van der Waals surface area contributed by atoms with Crippen molar-refractivity contribution in [2.45, 2.75) is 13.0 Å². The number of hydrogen-bond donors (Lipinski definition) is 0. The number of nitrogens with zero attached hydrogens (tertiary/aromatic N) is 3. The number of rotatable bonds is 2. The fourth-order valence-corrected chi connectivity index (χ4v) is 3.25. The van der Waals surface area contributed by atoms with Gasteiger partial charge in [-0.2, -0.15) is 0 Å². The smallest absolute Gasteiger partial charge is 0.254 e. The average molecular weight is 322 g/mol. The van der Waals surface area contributed by atoms with Gasteiger partial charge in [-0.3, -0.25) is 14.5 Å². The first kappa shape index (κ1) is 15.3. The van der Waals surface area contributed by atoms with Crippen molar-refractivity contribution in [3.05, 3.63) is 34.9 Å². The molecule has 6 heteroatoms. The van der Waals surface area contributed by atoms with Gasteiger partial charge in [0.25, 0.3) is 5.91 Å². The minimum atomic E-state index is 0.0427. The molecule has 0 bridgehead atoms. The van der Waals surface area contributed by atoms with E-state index in [1.807, 2.05) is 9.80 Å². The van der Waals surface area contributed by atoms with Gasteiger partial charge in [0.15, 0.2) is 0 Å². The van der Waals surface area contributed by atoms with Crippen molar-refractivity contribution in [3.63, 3.8) is 0 Å². The number of benzene rings is 1. The Morgan fingerprint density at radius 3 is 2.36 bits per heavy atom. The van der Waals surface area contributed by atoms with Crippen molar-refractivity contribution in [1.82, 2.24) is 14.7 Å². The first-order valence-corrected chi connectivity index (χ1v) is 7.97. The van der Waals surface area contributed by atoms with Gasteiger partial charge in [0.05, 0.1) is 0 Å². The summed E-state index contributed by atoms with van der Waals surface area (Å²) in [6, 6.07) is 7.49. The predicted octanol–water partition coefficient (Wildman–Crippen LogP) is 1.33. The molecule has 0 unspecified atom stereocenters. The number of piperazine rings is 1. The summed E-state index contributed by atoms with van der Waals surface area (Å²) >= 11 is 5.93. The molecule has 22 heavy (non-hydrogen) atoms. The number of halogens is 1. The number of amides is 2. The molecule has 2 fully saturated rings. The standard InChI is InChI=1S/C16H20ClN3O2/c1-12(21)18-5-7-19(8-6-18)15-10-20(11-15)16(22)13-3-2-4-14(17)9-13/h2-4,9,15H,5-8,10-11H2,1H3. The maximum atomic E-state index is 12.3. The topological polar surface area (TPSA) is 43.9 Å². The molecule has 0 aromatic heterocycles. The third-order valence-electron chi connectivity index (χ3n) is 4.50. The molecule has 1 aromatic carbocycles. The molecule has 0 radical (unpaired) electrons. The van der Waals surface area contributed by atoms with Crippen LogP contribution in [0, 0.1) is 0 Å². The Labute approximate surface area is 135 Å². The van der Waals surface area contributed by atoms with Gasteiger partial charge >= 0.3 is 0 Å². The monoisotopic (exact) mass is 321 g/mol. The largest absolute Gasteiger partial charge is 0.340 e. The second-order valence-electron chi connectivity index (χ2n) is 5.92. The SMILES string of the molecule is CC(=O)N1CCN(C2CN(C(=O)c3cccc(Cl)c3)C2)CC1. The van der Waals surface area contributed by atoms with Crippen molar-refractivity contribution in [3.8, 4) is 0 Å². The van der Waals surface area contributed by atoms with Crippen LogP contribution in [0.5, 0.6) is 0 Å². The minimum absolute atomic E-state index is 0.0427. The zero-order chi connectivity index (χ0) is 15.7. The van der Waals surface area contributed by atoms with Crippen LogP contribution in [0.1, 0.15) is 17.3 Å². The maximum absolute atomic E-state index is 12.3. The van der Waals surface area contributed by atoms with Gasteiger partial charge in [0, 0.05) is 62.8 Å². The summed E-state index contributed by atoms with van der Waals surface area (Å²) in [6.07, 6.45) is 0. The molecule has 0 aliphatic carbocycles. The maximum Gasteiger partial charge on any atom is 0.254 e. The van der Waals surface area contributed by atoms with Gasteiger partial charge in [0.2, 0.25) is 5.91 Å². The fraction of sp³-hybridized carbons (Fsp3) is 0.500. The van der Waals surface area contributed by atoms with E-state index in [-0.39, 0.29) is 11.8 Å². The van der Waals surface area contributed by atoms with Crippen molar-refractivity contribution < 1.29 is 9.59 Å². The highest BCUT2D eigenvalue weighted by molar-refractivity contribution is 6.30. The summed E-state index contributed by atoms with van der Waals surface area (Å²) in [5, 5.41) is 0.586. The molecule has 2 aliphatic rings. The normalized spacial score (nSPS) is 19.9. The lowest BCUT2D eigenvalue weighted by Crippen LogP contribution is -2.64. The summed E-state index contributed by atoms with van der Waals surface area (Å²) < 4.78 is 0. The summed E-state index contributed by atoms with van der Waals surface area (Å²) in [5.41, 5.74) is 0.646. The Kier molecular flexibility index (Phi) is 4.36. The van der Waals surface area contributed by atoms with Crippen LogP contribution in [-0.4, -0.2) is 71.8 Å². The summed E-state index contributed by atoms with van der Waals surface area (Å²) in [6.45, 7) is 6.48. The molecule has 2 aliphatic heterocycles. The highest BCUT2D eigenvalue weighted by Gasteiger charge is 2.36. The van der Waals surface area contributed by atoms with Gasteiger partial charge in [-0.1, -0.05) is 17.7 Å². The van der Waals surface area contributed by atoms with Crippen LogP contribution in [0.15, 0.2) is 24.3 Å². The van der Waals surface area contributed by atoms with Crippen LogP contribution in [0.3, 0.4) is 0 Å². The number of hydrogen-bond acceptors (Lipinski definition) is 3. The number of likely N-dealkylation sites (tertiary alicyclic amines) is 1. The van der Waals surface area contributed by atoms with Crippen molar-refractivity contribution in [2.24, 2.45) is 0 Å². The van der Waals surface area contributed by atoms with Gasteiger partial charge in [-0.15, -0.1) is 0 Å². The molecular formula is C16H20ClN3O2. The van der Waals surface area contributed by atoms with Crippen LogP contribution in [-0.2, 0) is 4.79 Å². The molecule has 0 N–H and O–H groups in total. The molecular weight excluding hydrogens is 302 g/mol. The molecule has 2 saturated heterocycles. The molecule has 0 atom stereocenters. The lowest BCUT2D eigenvalue weighted by molar-refractivity contribution is -0.131. The van der Waals surface area contributed by atoms with E-state index in [4.69, 9.17) is 11.6 Å². The first-order valence-electron chi connectivity index (χ1n) is 7.59. The van der Waals surface area contributed by atoms with Crippen LogP contribution in [0.2, 0.25) is 5.02 Å². The van der Waals surface area contributed by atoms with E-state index >= 15 is 0 Å². The van der Waals surface area contributed by atoms with E-state index < -0.39 is 0 Å². The first-order chi connectivity index (χ1) is 10.5. The van der Waals surface area contributed by atoms with E-state index in [0.717, 1.165) is 39.3 Å². The molecule has 1 aromatic rings. The third kappa shape index (κ3) is 3.10. The van der Waals surface area contributed by atoms with Crippen molar-refractivity contribution in [2.75, 3.05) is 39.3 Å². The molecule has 2 amide bonds. The van der Waals surface area contributed by atoms with E-state index in [1.165, 1.54) is 0 Å². The average Bonchev–Trinajstić information content (AvgIpc) is 2.46. The highest BCUT2D eigenvalue weighted by atomic mass is 35.5. The Morgan fingerprint density at radius 2 is 1.77 bits per heavy atom. The van der Waals surface area contributed by atoms with Crippen LogP contribution in [0.25, 0.3) is 0 Å².